The second kappa shape index (κ2) is 9.85. The molecule has 2 aromatic rings. The number of benzene rings is 2. The van der Waals surface area contributed by atoms with Gasteiger partial charge in [0.25, 0.3) is 11.8 Å². The standard InChI is InChI=1S/C17H15BrIN3O4S/c1-25-13-5-3-9(7-11(13)18)16(24)21-22-17(27)20-15(23)10-4-6-14(26-2)12(19)8-10/h3-8H,1-2H3,(H,21,24)(H2,20,22,23,27). The highest BCUT2D eigenvalue weighted by Crippen LogP contribution is 2.25. The van der Waals surface area contributed by atoms with Crippen molar-refractivity contribution < 1.29 is 19.1 Å². The van der Waals surface area contributed by atoms with E-state index in [0.29, 0.717) is 27.1 Å². The Hall–Kier alpha value is -1.92. The van der Waals surface area contributed by atoms with Gasteiger partial charge in [0.05, 0.1) is 22.3 Å². The molecule has 0 heterocycles. The van der Waals surface area contributed by atoms with Crippen LogP contribution in [0.2, 0.25) is 0 Å². The van der Waals surface area contributed by atoms with Crippen LogP contribution in [0, 0.1) is 3.57 Å². The molecule has 142 valence electrons. The minimum absolute atomic E-state index is 0.0354. The molecule has 0 aliphatic carbocycles. The molecule has 0 bridgehead atoms. The molecule has 10 heteroatoms. The summed E-state index contributed by atoms with van der Waals surface area (Å²) >= 11 is 10.4. The Kier molecular flexibility index (Phi) is 7.80. The summed E-state index contributed by atoms with van der Waals surface area (Å²) in [7, 11) is 3.09. The van der Waals surface area contributed by atoms with Crippen LogP contribution in [0.1, 0.15) is 20.7 Å². The van der Waals surface area contributed by atoms with Crippen molar-refractivity contribution in [2.75, 3.05) is 14.2 Å². The zero-order chi connectivity index (χ0) is 20.0. The lowest BCUT2D eigenvalue weighted by molar-refractivity contribution is 0.0934. The average Bonchev–Trinajstić information content (AvgIpc) is 2.65. The fourth-order valence-corrected chi connectivity index (χ4v) is 3.43. The highest BCUT2D eigenvalue weighted by Gasteiger charge is 2.12. The smallest absolute Gasteiger partial charge is 0.269 e. The summed E-state index contributed by atoms with van der Waals surface area (Å²) in [6, 6.07) is 9.84. The Labute approximate surface area is 183 Å². The Balaban J connectivity index is 1.91. The molecular formula is C17H15BrIN3O4S. The van der Waals surface area contributed by atoms with Crippen molar-refractivity contribution in [3.8, 4) is 11.5 Å². The molecule has 2 aromatic carbocycles. The summed E-state index contributed by atoms with van der Waals surface area (Å²) in [4.78, 5) is 24.4. The molecule has 2 rings (SSSR count). The van der Waals surface area contributed by atoms with Crippen LogP contribution in [0.25, 0.3) is 0 Å². The predicted molar refractivity (Wildman–Crippen MR) is 117 cm³/mol. The number of hydrogen-bond acceptors (Lipinski definition) is 5. The topological polar surface area (TPSA) is 88.7 Å². The fourth-order valence-electron chi connectivity index (χ4n) is 2.01. The van der Waals surface area contributed by atoms with Crippen molar-refractivity contribution in [2.45, 2.75) is 0 Å². The van der Waals surface area contributed by atoms with Crippen LogP contribution >= 0.6 is 50.7 Å². The SMILES string of the molecule is COc1ccc(C(=O)NNC(=S)NC(=O)c2ccc(OC)c(I)c2)cc1Br. The van der Waals surface area contributed by atoms with E-state index in [1.54, 1.807) is 43.5 Å². The number of hydrogen-bond donors (Lipinski definition) is 3. The highest BCUT2D eigenvalue weighted by molar-refractivity contribution is 14.1. The molecule has 27 heavy (non-hydrogen) atoms. The molecule has 0 atom stereocenters. The number of halogens is 2. The lowest BCUT2D eigenvalue weighted by Gasteiger charge is -2.12. The first-order chi connectivity index (χ1) is 12.8. The number of methoxy groups -OCH3 is 2. The van der Waals surface area contributed by atoms with Crippen LogP contribution in [-0.2, 0) is 0 Å². The van der Waals surface area contributed by atoms with Gasteiger partial charge in [-0.15, -0.1) is 0 Å². The number of carbonyl (C=O) groups is 2. The van der Waals surface area contributed by atoms with E-state index in [0.717, 1.165) is 3.57 Å². The molecule has 3 N–H and O–H groups in total. The highest BCUT2D eigenvalue weighted by atomic mass is 127. The number of rotatable bonds is 4. The number of ether oxygens (including phenoxy) is 2. The van der Waals surface area contributed by atoms with E-state index >= 15 is 0 Å². The first kappa shape index (κ1) is 21.4. The van der Waals surface area contributed by atoms with E-state index in [1.165, 1.54) is 7.11 Å². The maximum Gasteiger partial charge on any atom is 0.269 e. The van der Waals surface area contributed by atoms with Gasteiger partial charge in [-0.25, -0.2) is 0 Å². The van der Waals surface area contributed by atoms with E-state index in [1.807, 2.05) is 0 Å². The molecular weight excluding hydrogens is 549 g/mol. The number of carbonyl (C=O) groups excluding carboxylic acids is 2. The maximum atomic E-state index is 12.2. The van der Waals surface area contributed by atoms with Crippen molar-refractivity contribution >= 4 is 67.7 Å². The van der Waals surface area contributed by atoms with Gasteiger partial charge in [0.1, 0.15) is 11.5 Å². The molecule has 0 spiro atoms. The quantitative estimate of drug-likeness (QED) is 0.301. The first-order valence-corrected chi connectivity index (χ1v) is 9.72. The normalized spacial score (nSPS) is 9.93. The summed E-state index contributed by atoms with van der Waals surface area (Å²) in [5.74, 6) is 0.450. The monoisotopic (exact) mass is 563 g/mol. The number of nitrogens with one attached hydrogen (secondary N) is 3. The summed E-state index contributed by atoms with van der Waals surface area (Å²) in [5.41, 5.74) is 5.71. The van der Waals surface area contributed by atoms with Gasteiger partial charge in [0, 0.05) is 11.1 Å². The lowest BCUT2D eigenvalue weighted by Crippen LogP contribution is -2.48. The van der Waals surface area contributed by atoms with Crippen LogP contribution in [-0.4, -0.2) is 31.1 Å². The molecule has 0 radical (unpaired) electrons. The largest absolute Gasteiger partial charge is 0.496 e. The van der Waals surface area contributed by atoms with Gasteiger partial charge >= 0.3 is 0 Å². The van der Waals surface area contributed by atoms with Gasteiger partial charge in [0.15, 0.2) is 5.11 Å². The molecule has 0 unspecified atom stereocenters. The maximum absolute atomic E-state index is 12.2. The summed E-state index contributed by atoms with van der Waals surface area (Å²) in [6.45, 7) is 0. The van der Waals surface area contributed by atoms with Crippen molar-refractivity contribution in [2.24, 2.45) is 0 Å². The van der Waals surface area contributed by atoms with Crippen molar-refractivity contribution in [1.29, 1.82) is 0 Å². The van der Waals surface area contributed by atoms with Gasteiger partial charge in [-0.05, 0) is 87.1 Å². The van der Waals surface area contributed by atoms with Crippen LogP contribution in [0.4, 0.5) is 0 Å². The minimum Gasteiger partial charge on any atom is -0.496 e. The number of thiocarbonyl (C=S) groups is 1. The number of hydrazine groups is 1. The van der Waals surface area contributed by atoms with Crippen LogP contribution in [0.3, 0.4) is 0 Å². The Morgan fingerprint density at radius 2 is 1.56 bits per heavy atom. The van der Waals surface area contributed by atoms with Crippen LogP contribution in [0.5, 0.6) is 11.5 Å². The van der Waals surface area contributed by atoms with E-state index in [2.05, 4.69) is 54.7 Å². The molecule has 0 fully saturated rings. The number of amides is 2. The van der Waals surface area contributed by atoms with Gasteiger partial charge in [-0.1, -0.05) is 0 Å². The van der Waals surface area contributed by atoms with Crippen molar-refractivity contribution in [3.05, 3.63) is 55.6 Å². The third-order valence-corrected chi connectivity index (χ3v) is 5.01. The minimum atomic E-state index is -0.422. The zero-order valence-corrected chi connectivity index (χ0v) is 18.8. The molecule has 0 aliphatic rings. The third kappa shape index (κ3) is 5.78. The fraction of sp³-hybridized carbons (Fsp3) is 0.118. The zero-order valence-electron chi connectivity index (χ0n) is 14.3. The predicted octanol–water partition coefficient (Wildman–Crippen LogP) is 3.02. The second-order valence-corrected chi connectivity index (χ2v) is 7.49. The summed E-state index contributed by atoms with van der Waals surface area (Å²) < 4.78 is 11.7. The molecule has 7 nitrogen and oxygen atoms in total. The van der Waals surface area contributed by atoms with Gasteiger partial charge in [0.2, 0.25) is 0 Å². The van der Waals surface area contributed by atoms with E-state index in [-0.39, 0.29) is 5.11 Å². The molecule has 0 aromatic heterocycles. The van der Waals surface area contributed by atoms with Gasteiger partial charge in [-0.2, -0.15) is 0 Å². The summed E-state index contributed by atoms with van der Waals surface area (Å²) in [5, 5.41) is 2.46. The van der Waals surface area contributed by atoms with Crippen LogP contribution in [0.15, 0.2) is 40.9 Å². The Morgan fingerprint density at radius 1 is 0.963 bits per heavy atom. The average molecular weight is 564 g/mol. The van der Waals surface area contributed by atoms with Crippen LogP contribution < -0.4 is 25.6 Å². The third-order valence-electron chi connectivity index (χ3n) is 3.34. The van der Waals surface area contributed by atoms with E-state index in [4.69, 9.17) is 21.7 Å². The molecule has 0 saturated carbocycles. The summed E-state index contributed by atoms with van der Waals surface area (Å²) in [6.07, 6.45) is 0. The van der Waals surface area contributed by atoms with Crippen molar-refractivity contribution in [3.63, 3.8) is 0 Å². The Bertz CT molecular complexity index is 894. The first-order valence-electron chi connectivity index (χ1n) is 7.44. The van der Waals surface area contributed by atoms with Crippen molar-refractivity contribution in [1.82, 2.24) is 16.2 Å². The molecule has 0 saturated heterocycles. The van der Waals surface area contributed by atoms with Gasteiger partial charge in [-0.3, -0.25) is 25.8 Å². The second-order valence-electron chi connectivity index (χ2n) is 5.06. The van der Waals surface area contributed by atoms with E-state index < -0.39 is 11.8 Å². The molecule has 2 amide bonds. The Morgan fingerprint density at radius 3 is 2.11 bits per heavy atom. The molecule has 0 aliphatic heterocycles. The van der Waals surface area contributed by atoms with E-state index in [9.17, 15) is 9.59 Å². The lowest BCUT2D eigenvalue weighted by atomic mass is 10.2. The van der Waals surface area contributed by atoms with Gasteiger partial charge < -0.3 is 9.47 Å².